The molecule has 2 heterocycles. The maximum Gasteiger partial charge on any atom is 0.269 e. The average Bonchev–Trinajstić information content (AvgIpc) is 3.47. The van der Waals surface area contributed by atoms with Gasteiger partial charge >= 0.3 is 0 Å². The summed E-state index contributed by atoms with van der Waals surface area (Å²) in [4.78, 5) is 24.3. The third kappa shape index (κ3) is 6.10. The van der Waals surface area contributed by atoms with Crippen molar-refractivity contribution in [3.8, 4) is 11.4 Å². The van der Waals surface area contributed by atoms with E-state index in [1.807, 2.05) is 16.7 Å². The van der Waals surface area contributed by atoms with Crippen LogP contribution in [0, 0.1) is 5.82 Å². The Bertz CT molecular complexity index is 1120. The molecule has 11 heteroatoms. The summed E-state index contributed by atoms with van der Waals surface area (Å²) in [5.41, 5.74) is 5.75. The molecule has 0 saturated carbocycles. The average molecular weight is 490 g/mol. The molecule has 0 spiro atoms. The number of amides is 2. The quantitative estimate of drug-likeness (QED) is 0.389. The third-order valence-corrected chi connectivity index (χ3v) is 6.20. The number of carbonyl (C=O) groups excluding carboxylic acids is 2. The van der Waals surface area contributed by atoms with E-state index in [0.717, 1.165) is 25.0 Å². The van der Waals surface area contributed by atoms with Gasteiger partial charge in [-0.25, -0.2) is 4.39 Å². The maximum absolute atomic E-state index is 13.0. The highest BCUT2D eigenvalue weighted by molar-refractivity contribution is 7.99. The Labute approximate surface area is 198 Å². The van der Waals surface area contributed by atoms with Gasteiger partial charge in [0.2, 0.25) is 5.91 Å². The number of hydrogen-bond acceptors (Lipinski definition) is 6. The highest BCUT2D eigenvalue weighted by Gasteiger charge is 2.22. The molecule has 1 atom stereocenters. The molecule has 1 aliphatic rings. The summed E-state index contributed by atoms with van der Waals surface area (Å²) in [6.07, 6.45) is 2.00. The van der Waals surface area contributed by atoms with E-state index in [2.05, 4.69) is 21.0 Å². The van der Waals surface area contributed by atoms with Gasteiger partial charge < -0.3 is 4.74 Å². The topological polar surface area (TPSA) is 98.1 Å². The van der Waals surface area contributed by atoms with Crippen LogP contribution in [-0.2, 0) is 16.1 Å². The molecule has 1 saturated heterocycles. The van der Waals surface area contributed by atoms with Crippen molar-refractivity contribution in [2.24, 2.45) is 0 Å². The standard InChI is InChI=1S/C22H21ClFN5O3S/c23-16-7-3-14(4-8-16)20-26-28-22(29(20)12-18-2-1-11-32-18)33-13-19(30)25-27-21(31)15-5-9-17(24)10-6-15/h3-10,18H,1-2,11-13H2,(H,25,30)(H,27,31). The Morgan fingerprint density at radius 2 is 1.88 bits per heavy atom. The van der Waals surface area contributed by atoms with Crippen molar-refractivity contribution >= 4 is 35.2 Å². The fourth-order valence-corrected chi connectivity index (χ4v) is 4.20. The van der Waals surface area contributed by atoms with Crippen LogP contribution in [0.1, 0.15) is 23.2 Å². The smallest absolute Gasteiger partial charge is 0.269 e. The number of ether oxygens (including phenoxy) is 1. The largest absolute Gasteiger partial charge is 0.376 e. The van der Waals surface area contributed by atoms with Gasteiger partial charge in [0.1, 0.15) is 5.82 Å². The van der Waals surface area contributed by atoms with E-state index < -0.39 is 17.6 Å². The van der Waals surface area contributed by atoms with Crippen LogP contribution in [0.5, 0.6) is 0 Å². The van der Waals surface area contributed by atoms with Gasteiger partial charge in [-0.1, -0.05) is 23.4 Å². The highest BCUT2D eigenvalue weighted by atomic mass is 35.5. The molecule has 1 unspecified atom stereocenters. The van der Waals surface area contributed by atoms with Gasteiger partial charge in [0.15, 0.2) is 11.0 Å². The van der Waals surface area contributed by atoms with Gasteiger partial charge in [-0.3, -0.25) is 25.0 Å². The van der Waals surface area contributed by atoms with Crippen LogP contribution in [0.15, 0.2) is 53.7 Å². The highest BCUT2D eigenvalue weighted by Crippen LogP contribution is 2.27. The first-order chi connectivity index (χ1) is 16.0. The second-order valence-electron chi connectivity index (χ2n) is 7.36. The molecule has 3 aromatic rings. The first kappa shape index (κ1) is 23.2. The molecule has 1 fully saturated rings. The van der Waals surface area contributed by atoms with Crippen LogP contribution in [0.25, 0.3) is 11.4 Å². The molecule has 1 aliphatic heterocycles. The van der Waals surface area contributed by atoms with Crippen molar-refractivity contribution in [2.75, 3.05) is 12.4 Å². The normalized spacial score (nSPS) is 15.4. The third-order valence-electron chi connectivity index (χ3n) is 4.98. The lowest BCUT2D eigenvalue weighted by Gasteiger charge is -2.15. The zero-order chi connectivity index (χ0) is 23.2. The van der Waals surface area contributed by atoms with Gasteiger partial charge in [-0.05, 0) is 61.4 Å². The van der Waals surface area contributed by atoms with E-state index in [4.69, 9.17) is 16.3 Å². The second-order valence-corrected chi connectivity index (χ2v) is 8.74. The fraction of sp³-hybridized carbons (Fsp3) is 0.273. The van der Waals surface area contributed by atoms with Crippen molar-refractivity contribution in [1.29, 1.82) is 0 Å². The zero-order valence-electron chi connectivity index (χ0n) is 17.5. The Hall–Kier alpha value is -2.95. The van der Waals surface area contributed by atoms with Crippen molar-refractivity contribution in [1.82, 2.24) is 25.6 Å². The van der Waals surface area contributed by atoms with Crippen molar-refractivity contribution < 1.29 is 18.7 Å². The monoisotopic (exact) mass is 489 g/mol. The molecule has 33 heavy (non-hydrogen) atoms. The molecule has 2 aromatic carbocycles. The van der Waals surface area contributed by atoms with Gasteiger partial charge in [0, 0.05) is 22.8 Å². The number of carbonyl (C=O) groups is 2. The van der Waals surface area contributed by atoms with Crippen LogP contribution < -0.4 is 10.9 Å². The number of nitrogens with zero attached hydrogens (tertiary/aromatic N) is 3. The minimum atomic E-state index is -0.542. The molecule has 172 valence electrons. The summed E-state index contributed by atoms with van der Waals surface area (Å²) in [5.74, 6) is -0.740. The minimum Gasteiger partial charge on any atom is -0.376 e. The molecule has 2 amide bonds. The lowest BCUT2D eigenvalue weighted by molar-refractivity contribution is -0.119. The van der Waals surface area contributed by atoms with Crippen LogP contribution >= 0.6 is 23.4 Å². The van der Waals surface area contributed by atoms with Gasteiger partial charge in [0.05, 0.1) is 18.4 Å². The van der Waals surface area contributed by atoms with Crippen LogP contribution in [0.2, 0.25) is 5.02 Å². The van der Waals surface area contributed by atoms with E-state index in [1.54, 1.807) is 12.1 Å². The number of hydrogen-bond donors (Lipinski definition) is 2. The molecule has 0 bridgehead atoms. The lowest BCUT2D eigenvalue weighted by Crippen LogP contribution is -2.42. The molecule has 1 aromatic heterocycles. The Morgan fingerprint density at radius 3 is 2.58 bits per heavy atom. The first-order valence-electron chi connectivity index (χ1n) is 10.3. The molecule has 0 aliphatic carbocycles. The van der Waals surface area contributed by atoms with E-state index in [9.17, 15) is 14.0 Å². The fourth-order valence-electron chi connectivity index (χ4n) is 3.33. The predicted molar refractivity (Wildman–Crippen MR) is 122 cm³/mol. The SMILES string of the molecule is O=C(CSc1nnc(-c2ccc(Cl)cc2)n1CC1CCCO1)NNC(=O)c1ccc(F)cc1. The van der Waals surface area contributed by atoms with Gasteiger partial charge in [0.25, 0.3) is 5.91 Å². The zero-order valence-corrected chi connectivity index (χ0v) is 19.0. The summed E-state index contributed by atoms with van der Waals surface area (Å²) < 4.78 is 20.7. The van der Waals surface area contributed by atoms with E-state index >= 15 is 0 Å². The number of hydrazine groups is 1. The summed E-state index contributed by atoms with van der Waals surface area (Å²) >= 11 is 7.21. The summed E-state index contributed by atoms with van der Waals surface area (Å²) in [6.45, 7) is 1.29. The predicted octanol–water partition coefficient (Wildman–Crippen LogP) is 3.47. The van der Waals surface area contributed by atoms with E-state index in [0.29, 0.717) is 22.5 Å². The number of thioether (sulfide) groups is 1. The van der Waals surface area contributed by atoms with Crippen LogP contribution in [0.4, 0.5) is 4.39 Å². The first-order valence-corrected chi connectivity index (χ1v) is 11.6. The molecule has 4 rings (SSSR count). The summed E-state index contributed by atoms with van der Waals surface area (Å²) in [7, 11) is 0. The summed E-state index contributed by atoms with van der Waals surface area (Å²) in [5, 5.41) is 9.77. The number of benzene rings is 2. The Balaban J connectivity index is 1.40. The van der Waals surface area contributed by atoms with Gasteiger partial charge in [-0.2, -0.15) is 0 Å². The lowest BCUT2D eigenvalue weighted by atomic mass is 10.2. The Kier molecular flexibility index (Phi) is 7.58. The molecule has 8 nitrogen and oxygen atoms in total. The van der Waals surface area contributed by atoms with Crippen molar-refractivity contribution in [3.63, 3.8) is 0 Å². The van der Waals surface area contributed by atoms with Crippen molar-refractivity contribution in [2.45, 2.75) is 30.6 Å². The summed E-state index contributed by atoms with van der Waals surface area (Å²) in [6, 6.07) is 12.3. The maximum atomic E-state index is 13.0. The van der Waals surface area contributed by atoms with Crippen LogP contribution in [0.3, 0.4) is 0 Å². The Morgan fingerprint density at radius 1 is 1.12 bits per heavy atom. The number of rotatable bonds is 7. The molecule has 2 N–H and O–H groups in total. The number of halogens is 2. The number of nitrogens with one attached hydrogen (secondary N) is 2. The minimum absolute atomic E-state index is 0.00791. The van der Waals surface area contributed by atoms with Gasteiger partial charge in [-0.15, -0.1) is 10.2 Å². The van der Waals surface area contributed by atoms with Crippen molar-refractivity contribution in [3.05, 3.63) is 64.9 Å². The molecular formula is C22H21ClFN5O3S. The van der Waals surface area contributed by atoms with Crippen LogP contribution in [-0.4, -0.2) is 45.0 Å². The van der Waals surface area contributed by atoms with E-state index in [-0.39, 0.29) is 17.4 Å². The number of aromatic nitrogens is 3. The molecule has 0 radical (unpaired) electrons. The molecular weight excluding hydrogens is 469 g/mol. The van der Waals surface area contributed by atoms with E-state index in [1.165, 1.54) is 36.0 Å². The second kappa shape index (κ2) is 10.8.